The van der Waals surface area contributed by atoms with Crippen LogP contribution in [0.3, 0.4) is 0 Å². The van der Waals surface area contributed by atoms with Crippen LogP contribution in [0.5, 0.6) is 5.75 Å². The molecule has 3 rings (SSSR count). The van der Waals surface area contributed by atoms with Crippen molar-refractivity contribution in [2.24, 2.45) is 0 Å². The molecule has 1 aromatic heterocycles. The predicted octanol–water partition coefficient (Wildman–Crippen LogP) is 3.11. The first-order chi connectivity index (χ1) is 10.8. The lowest BCUT2D eigenvalue weighted by Crippen LogP contribution is -1.99. The highest BCUT2D eigenvalue weighted by Crippen LogP contribution is 2.19. The molecule has 0 atom stereocenters. The van der Waals surface area contributed by atoms with Gasteiger partial charge < -0.3 is 4.74 Å². The first kappa shape index (κ1) is 14.0. The molecule has 0 spiro atoms. The van der Waals surface area contributed by atoms with Gasteiger partial charge in [-0.15, -0.1) is 16.8 Å². The number of benzene rings is 2. The summed E-state index contributed by atoms with van der Waals surface area (Å²) < 4.78 is 5.75. The lowest BCUT2D eigenvalue weighted by molar-refractivity contribution is 0.306. The second kappa shape index (κ2) is 6.67. The van der Waals surface area contributed by atoms with Gasteiger partial charge >= 0.3 is 0 Å². The summed E-state index contributed by atoms with van der Waals surface area (Å²) in [5.41, 5.74) is 2.04. The first-order valence-corrected chi connectivity index (χ1v) is 7.01. The molecule has 0 radical (unpaired) electrons. The van der Waals surface area contributed by atoms with E-state index in [1.165, 1.54) is 4.80 Å². The molecule has 5 heteroatoms. The highest BCUT2D eigenvalue weighted by molar-refractivity contribution is 5.55. The van der Waals surface area contributed by atoms with Crippen LogP contribution in [0.2, 0.25) is 0 Å². The van der Waals surface area contributed by atoms with Crippen LogP contribution in [0.4, 0.5) is 0 Å². The third-order valence-corrected chi connectivity index (χ3v) is 3.11. The zero-order chi connectivity index (χ0) is 15.2. The Labute approximate surface area is 128 Å². The number of rotatable bonds is 6. The lowest BCUT2D eigenvalue weighted by Gasteiger charge is -2.06. The van der Waals surface area contributed by atoms with Crippen LogP contribution in [0.15, 0.2) is 67.3 Å². The Hall–Kier alpha value is -2.95. The first-order valence-electron chi connectivity index (χ1n) is 7.01. The standard InChI is InChI=1S/C17H16N4O/c1-2-12-21-19-17(18-20-21)15-8-10-16(11-9-15)22-13-14-6-4-3-5-7-14/h2-11H,1,12-13H2. The molecule has 0 aliphatic rings. The maximum Gasteiger partial charge on any atom is 0.204 e. The molecule has 22 heavy (non-hydrogen) atoms. The van der Waals surface area contributed by atoms with E-state index >= 15 is 0 Å². The molecule has 3 aromatic rings. The summed E-state index contributed by atoms with van der Waals surface area (Å²) in [5, 5.41) is 12.3. The van der Waals surface area contributed by atoms with Crippen molar-refractivity contribution in [3.8, 4) is 17.1 Å². The number of hydrogen-bond acceptors (Lipinski definition) is 4. The summed E-state index contributed by atoms with van der Waals surface area (Å²) in [4.78, 5) is 1.50. The summed E-state index contributed by atoms with van der Waals surface area (Å²) in [6.07, 6.45) is 1.73. The normalized spacial score (nSPS) is 10.4. The molecule has 0 saturated carbocycles. The largest absolute Gasteiger partial charge is 0.489 e. The summed E-state index contributed by atoms with van der Waals surface area (Å²) in [6, 6.07) is 17.7. The average Bonchev–Trinajstić information content (AvgIpc) is 3.03. The predicted molar refractivity (Wildman–Crippen MR) is 84.2 cm³/mol. The van der Waals surface area contributed by atoms with Gasteiger partial charge in [0.05, 0.1) is 6.54 Å². The van der Waals surface area contributed by atoms with Crippen LogP contribution in [0.25, 0.3) is 11.4 Å². The van der Waals surface area contributed by atoms with Gasteiger partial charge in [-0.1, -0.05) is 36.4 Å². The molecule has 0 aliphatic carbocycles. The molecule has 1 heterocycles. The van der Waals surface area contributed by atoms with Crippen LogP contribution >= 0.6 is 0 Å². The van der Waals surface area contributed by atoms with Gasteiger partial charge in [0.25, 0.3) is 0 Å². The Morgan fingerprint density at radius 1 is 1.05 bits per heavy atom. The summed E-state index contributed by atoms with van der Waals surface area (Å²) in [5.74, 6) is 1.41. The fourth-order valence-corrected chi connectivity index (χ4v) is 1.99. The van der Waals surface area contributed by atoms with Gasteiger partial charge in [-0.05, 0) is 35.0 Å². The fraction of sp³-hybridized carbons (Fsp3) is 0.118. The van der Waals surface area contributed by atoms with Gasteiger partial charge in [-0.3, -0.25) is 0 Å². The monoisotopic (exact) mass is 292 g/mol. The second-order valence-electron chi connectivity index (χ2n) is 4.76. The van der Waals surface area contributed by atoms with Crippen molar-refractivity contribution in [2.45, 2.75) is 13.2 Å². The maximum atomic E-state index is 5.75. The maximum absolute atomic E-state index is 5.75. The van der Waals surface area contributed by atoms with E-state index in [1.807, 2.05) is 54.6 Å². The van der Waals surface area contributed by atoms with E-state index in [4.69, 9.17) is 4.74 Å². The van der Waals surface area contributed by atoms with Crippen molar-refractivity contribution >= 4 is 0 Å². The van der Waals surface area contributed by atoms with E-state index in [0.717, 1.165) is 16.9 Å². The average molecular weight is 292 g/mol. The Bertz CT molecular complexity index is 735. The minimum atomic E-state index is 0.547. The van der Waals surface area contributed by atoms with Gasteiger partial charge in [-0.25, -0.2) is 0 Å². The topological polar surface area (TPSA) is 52.8 Å². The Balaban J connectivity index is 1.65. The van der Waals surface area contributed by atoms with Crippen molar-refractivity contribution in [2.75, 3.05) is 0 Å². The van der Waals surface area contributed by atoms with Crippen LogP contribution in [0, 0.1) is 0 Å². The highest BCUT2D eigenvalue weighted by atomic mass is 16.5. The SMILES string of the molecule is C=CCn1nnc(-c2ccc(OCc3ccccc3)cc2)n1. The van der Waals surface area contributed by atoms with E-state index in [9.17, 15) is 0 Å². The van der Waals surface area contributed by atoms with Crippen molar-refractivity contribution in [1.29, 1.82) is 0 Å². The zero-order valence-electron chi connectivity index (χ0n) is 12.1. The summed E-state index contributed by atoms with van der Waals surface area (Å²) in [7, 11) is 0. The van der Waals surface area contributed by atoms with Crippen LogP contribution < -0.4 is 4.74 Å². The molecule has 0 fully saturated rings. The van der Waals surface area contributed by atoms with Gasteiger partial charge in [0.2, 0.25) is 5.82 Å². The minimum absolute atomic E-state index is 0.547. The number of ether oxygens (including phenoxy) is 1. The molecule has 0 saturated heterocycles. The number of aromatic nitrogens is 4. The van der Waals surface area contributed by atoms with Crippen LogP contribution in [-0.4, -0.2) is 20.2 Å². The molecular formula is C17H16N4O. The molecular weight excluding hydrogens is 276 g/mol. The van der Waals surface area contributed by atoms with E-state index in [1.54, 1.807) is 6.08 Å². The minimum Gasteiger partial charge on any atom is -0.489 e. The van der Waals surface area contributed by atoms with E-state index in [0.29, 0.717) is 19.0 Å². The molecule has 0 unspecified atom stereocenters. The molecule has 0 amide bonds. The summed E-state index contributed by atoms with van der Waals surface area (Å²) >= 11 is 0. The van der Waals surface area contributed by atoms with Gasteiger partial charge in [0.1, 0.15) is 12.4 Å². The van der Waals surface area contributed by atoms with Crippen LogP contribution in [-0.2, 0) is 13.2 Å². The molecule has 0 aliphatic heterocycles. The van der Waals surface area contributed by atoms with Crippen molar-refractivity contribution in [1.82, 2.24) is 20.2 Å². The molecule has 0 bridgehead atoms. The Morgan fingerprint density at radius 3 is 2.55 bits per heavy atom. The molecule has 5 nitrogen and oxygen atoms in total. The van der Waals surface area contributed by atoms with E-state index in [-0.39, 0.29) is 0 Å². The summed E-state index contributed by atoms with van der Waals surface area (Å²) in [6.45, 7) is 4.75. The van der Waals surface area contributed by atoms with E-state index < -0.39 is 0 Å². The Morgan fingerprint density at radius 2 is 1.82 bits per heavy atom. The number of nitrogens with zero attached hydrogens (tertiary/aromatic N) is 4. The number of allylic oxidation sites excluding steroid dienone is 1. The van der Waals surface area contributed by atoms with E-state index in [2.05, 4.69) is 22.0 Å². The third kappa shape index (κ3) is 3.38. The molecule has 0 N–H and O–H groups in total. The van der Waals surface area contributed by atoms with Crippen molar-refractivity contribution < 1.29 is 4.74 Å². The van der Waals surface area contributed by atoms with Gasteiger partial charge in [0.15, 0.2) is 0 Å². The van der Waals surface area contributed by atoms with Crippen molar-refractivity contribution in [3.05, 3.63) is 72.8 Å². The lowest BCUT2D eigenvalue weighted by atomic mass is 10.2. The van der Waals surface area contributed by atoms with Gasteiger partial charge in [-0.2, -0.15) is 4.80 Å². The fourth-order valence-electron chi connectivity index (χ4n) is 1.99. The molecule has 110 valence electrons. The quantitative estimate of drug-likeness (QED) is 0.655. The highest BCUT2D eigenvalue weighted by Gasteiger charge is 2.05. The van der Waals surface area contributed by atoms with Gasteiger partial charge in [0, 0.05) is 5.56 Å². The van der Waals surface area contributed by atoms with Crippen molar-refractivity contribution in [3.63, 3.8) is 0 Å². The number of hydrogen-bond donors (Lipinski definition) is 0. The Kier molecular flexibility index (Phi) is 4.25. The third-order valence-electron chi connectivity index (χ3n) is 3.11. The molecule has 2 aromatic carbocycles. The van der Waals surface area contributed by atoms with Crippen LogP contribution in [0.1, 0.15) is 5.56 Å². The number of tetrazole rings is 1. The zero-order valence-corrected chi connectivity index (χ0v) is 12.1. The smallest absolute Gasteiger partial charge is 0.204 e. The second-order valence-corrected chi connectivity index (χ2v) is 4.76.